The van der Waals surface area contributed by atoms with Crippen molar-refractivity contribution in [2.24, 2.45) is 0 Å². The van der Waals surface area contributed by atoms with Crippen molar-refractivity contribution in [2.75, 3.05) is 6.54 Å². The van der Waals surface area contributed by atoms with Crippen molar-refractivity contribution < 1.29 is 4.79 Å². The van der Waals surface area contributed by atoms with Crippen LogP contribution in [0.4, 0.5) is 0 Å². The predicted octanol–water partition coefficient (Wildman–Crippen LogP) is 2.12. The molecule has 0 aromatic heterocycles. The van der Waals surface area contributed by atoms with E-state index in [1.807, 2.05) is 4.90 Å². The Labute approximate surface area is 93.2 Å². The van der Waals surface area contributed by atoms with Gasteiger partial charge in [-0.05, 0) is 19.3 Å². The smallest absolute Gasteiger partial charge is 0.241 e. The minimum atomic E-state index is 0.0663. The zero-order chi connectivity index (χ0) is 11.3. The van der Waals surface area contributed by atoms with E-state index in [-0.39, 0.29) is 12.2 Å². The van der Waals surface area contributed by atoms with E-state index < -0.39 is 0 Å². The van der Waals surface area contributed by atoms with Crippen LogP contribution < -0.4 is 5.32 Å². The van der Waals surface area contributed by atoms with E-state index in [0.29, 0.717) is 5.91 Å². The lowest BCUT2D eigenvalue weighted by molar-refractivity contribution is -0.130. The van der Waals surface area contributed by atoms with Gasteiger partial charge < -0.3 is 4.90 Å². The van der Waals surface area contributed by atoms with Crippen LogP contribution in [-0.2, 0) is 4.79 Å². The zero-order valence-corrected chi connectivity index (χ0v) is 10.3. The molecule has 1 heterocycles. The van der Waals surface area contributed by atoms with Crippen LogP contribution in [0.25, 0.3) is 0 Å². The molecule has 1 saturated heterocycles. The Morgan fingerprint density at radius 2 is 1.93 bits per heavy atom. The molecule has 15 heavy (non-hydrogen) atoms. The summed E-state index contributed by atoms with van der Waals surface area (Å²) >= 11 is 0. The average Bonchev–Trinajstić information content (AvgIpc) is 2.56. The molecule has 88 valence electrons. The Bertz CT molecular complexity index is 206. The molecule has 0 aromatic carbocycles. The SMILES string of the molecule is CCCCCN1C(=O)C(CC)NC1CC. The number of unbranched alkanes of at least 4 members (excludes halogenated alkanes) is 2. The lowest BCUT2D eigenvalue weighted by atomic mass is 10.2. The van der Waals surface area contributed by atoms with Gasteiger partial charge in [0.15, 0.2) is 0 Å². The molecule has 0 radical (unpaired) electrons. The molecule has 2 atom stereocenters. The van der Waals surface area contributed by atoms with E-state index in [1.54, 1.807) is 0 Å². The maximum absolute atomic E-state index is 12.0. The Kier molecular flexibility index (Phi) is 5.09. The normalized spacial score (nSPS) is 26.3. The quantitative estimate of drug-likeness (QED) is 0.684. The van der Waals surface area contributed by atoms with Crippen molar-refractivity contribution in [2.45, 2.75) is 65.1 Å². The molecule has 3 heteroatoms. The van der Waals surface area contributed by atoms with Crippen molar-refractivity contribution in [1.82, 2.24) is 10.2 Å². The zero-order valence-electron chi connectivity index (χ0n) is 10.3. The highest BCUT2D eigenvalue weighted by Crippen LogP contribution is 2.16. The van der Waals surface area contributed by atoms with Crippen molar-refractivity contribution in [3.05, 3.63) is 0 Å². The third-order valence-electron chi connectivity index (χ3n) is 3.15. The fraction of sp³-hybridized carbons (Fsp3) is 0.917. The van der Waals surface area contributed by atoms with Gasteiger partial charge >= 0.3 is 0 Å². The van der Waals surface area contributed by atoms with E-state index >= 15 is 0 Å². The van der Waals surface area contributed by atoms with Gasteiger partial charge in [0, 0.05) is 6.54 Å². The maximum Gasteiger partial charge on any atom is 0.241 e. The number of hydrogen-bond donors (Lipinski definition) is 1. The second kappa shape index (κ2) is 6.11. The summed E-state index contributed by atoms with van der Waals surface area (Å²) in [6.45, 7) is 7.32. The van der Waals surface area contributed by atoms with Crippen LogP contribution in [0.5, 0.6) is 0 Å². The summed E-state index contributed by atoms with van der Waals surface area (Å²) in [6, 6.07) is 0.0663. The molecular weight excluding hydrogens is 188 g/mol. The van der Waals surface area contributed by atoms with Crippen LogP contribution in [0.2, 0.25) is 0 Å². The summed E-state index contributed by atoms with van der Waals surface area (Å²) in [5.41, 5.74) is 0. The van der Waals surface area contributed by atoms with Crippen LogP contribution in [0.1, 0.15) is 52.9 Å². The van der Waals surface area contributed by atoms with E-state index in [2.05, 4.69) is 26.1 Å². The van der Waals surface area contributed by atoms with Crippen molar-refractivity contribution in [3.63, 3.8) is 0 Å². The first-order valence-electron chi connectivity index (χ1n) is 6.31. The average molecular weight is 212 g/mol. The first kappa shape index (κ1) is 12.5. The maximum atomic E-state index is 12.0. The van der Waals surface area contributed by atoms with Crippen LogP contribution in [0, 0.1) is 0 Å². The first-order chi connectivity index (χ1) is 7.24. The third kappa shape index (κ3) is 2.94. The number of nitrogens with one attached hydrogen (secondary N) is 1. The number of hydrogen-bond acceptors (Lipinski definition) is 2. The lowest BCUT2D eigenvalue weighted by Crippen LogP contribution is -2.37. The largest absolute Gasteiger partial charge is 0.326 e. The van der Waals surface area contributed by atoms with Crippen LogP contribution in [-0.4, -0.2) is 29.6 Å². The van der Waals surface area contributed by atoms with E-state index in [0.717, 1.165) is 25.8 Å². The molecule has 2 unspecified atom stereocenters. The molecule has 1 N–H and O–H groups in total. The van der Waals surface area contributed by atoms with Gasteiger partial charge in [-0.1, -0.05) is 33.6 Å². The molecule has 0 spiro atoms. The standard InChI is InChI=1S/C12H24N2O/c1-4-7-8-9-14-11(6-3)13-10(5-2)12(14)15/h10-11,13H,4-9H2,1-3H3. The molecule has 1 amide bonds. The van der Waals surface area contributed by atoms with E-state index in [1.165, 1.54) is 12.8 Å². The van der Waals surface area contributed by atoms with Gasteiger partial charge in [-0.2, -0.15) is 0 Å². The number of carbonyl (C=O) groups is 1. The van der Waals surface area contributed by atoms with E-state index in [9.17, 15) is 4.79 Å². The molecule has 1 aliphatic rings. The molecule has 0 bridgehead atoms. The molecular formula is C12H24N2O. The fourth-order valence-corrected chi connectivity index (χ4v) is 2.18. The second-order valence-electron chi connectivity index (χ2n) is 4.29. The van der Waals surface area contributed by atoms with Gasteiger partial charge in [-0.15, -0.1) is 0 Å². The summed E-state index contributed by atoms with van der Waals surface area (Å²) in [7, 11) is 0. The monoisotopic (exact) mass is 212 g/mol. The molecule has 1 aliphatic heterocycles. The van der Waals surface area contributed by atoms with Crippen LogP contribution in [0.3, 0.4) is 0 Å². The number of rotatable bonds is 6. The Hall–Kier alpha value is -0.570. The third-order valence-corrected chi connectivity index (χ3v) is 3.15. The molecule has 0 saturated carbocycles. The summed E-state index contributed by atoms with van der Waals surface area (Å²) in [5.74, 6) is 0.306. The highest BCUT2D eigenvalue weighted by Gasteiger charge is 2.35. The summed E-state index contributed by atoms with van der Waals surface area (Å²) < 4.78 is 0. The number of nitrogens with zero attached hydrogens (tertiary/aromatic N) is 1. The summed E-state index contributed by atoms with van der Waals surface area (Å²) in [6.07, 6.45) is 5.75. The van der Waals surface area contributed by atoms with Crippen molar-refractivity contribution in [1.29, 1.82) is 0 Å². The van der Waals surface area contributed by atoms with Crippen LogP contribution in [0.15, 0.2) is 0 Å². The van der Waals surface area contributed by atoms with Gasteiger partial charge in [0.2, 0.25) is 5.91 Å². The van der Waals surface area contributed by atoms with Crippen molar-refractivity contribution in [3.8, 4) is 0 Å². The highest BCUT2D eigenvalue weighted by molar-refractivity contribution is 5.84. The molecule has 0 aromatic rings. The topological polar surface area (TPSA) is 32.3 Å². The minimum absolute atomic E-state index is 0.0663. The lowest BCUT2D eigenvalue weighted by Gasteiger charge is -2.22. The van der Waals surface area contributed by atoms with Crippen molar-refractivity contribution >= 4 is 5.91 Å². The van der Waals surface area contributed by atoms with Gasteiger partial charge in [-0.25, -0.2) is 0 Å². The Balaban J connectivity index is 2.48. The van der Waals surface area contributed by atoms with Gasteiger partial charge in [0.25, 0.3) is 0 Å². The van der Waals surface area contributed by atoms with E-state index in [4.69, 9.17) is 0 Å². The minimum Gasteiger partial charge on any atom is -0.326 e. The van der Waals surface area contributed by atoms with Gasteiger partial charge in [-0.3, -0.25) is 10.1 Å². The molecule has 3 nitrogen and oxygen atoms in total. The number of carbonyl (C=O) groups excluding carboxylic acids is 1. The predicted molar refractivity (Wildman–Crippen MR) is 62.5 cm³/mol. The van der Waals surface area contributed by atoms with Crippen LogP contribution >= 0.6 is 0 Å². The number of amides is 1. The summed E-state index contributed by atoms with van der Waals surface area (Å²) in [4.78, 5) is 14.0. The van der Waals surface area contributed by atoms with Gasteiger partial charge in [0.05, 0.1) is 12.2 Å². The molecule has 0 aliphatic carbocycles. The molecule has 1 rings (SSSR count). The first-order valence-corrected chi connectivity index (χ1v) is 6.31. The molecule has 1 fully saturated rings. The van der Waals surface area contributed by atoms with Gasteiger partial charge in [0.1, 0.15) is 0 Å². The fourth-order valence-electron chi connectivity index (χ4n) is 2.18. The summed E-state index contributed by atoms with van der Waals surface area (Å²) in [5, 5.41) is 3.39. The second-order valence-corrected chi connectivity index (χ2v) is 4.29. The Morgan fingerprint density at radius 1 is 1.20 bits per heavy atom. The Morgan fingerprint density at radius 3 is 2.47 bits per heavy atom. The highest BCUT2D eigenvalue weighted by atomic mass is 16.2.